The van der Waals surface area contributed by atoms with Crippen LogP contribution in [0.2, 0.25) is 0 Å². The first-order valence-electron chi connectivity index (χ1n) is 9.86. The van der Waals surface area contributed by atoms with Crippen molar-refractivity contribution in [1.82, 2.24) is 9.80 Å². The molecule has 1 aromatic rings. The summed E-state index contributed by atoms with van der Waals surface area (Å²) < 4.78 is 5.72. The number of benzene rings is 1. The molecule has 5 heteroatoms. The number of carbonyl (C=O) groups is 1. The lowest BCUT2D eigenvalue weighted by Gasteiger charge is -2.48. The van der Waals surface area contributed by atoms with Crippen molar-refractivity contribution in [3.8, 4) is 5.75 Å². The average Bonchev–Trinajstić information content (AvgIpc) is 2.60. The first-order valence-corrected chi connectivity index (χ1v) is 9.86. The fourth-order valence-corrected chi connectivity index (χ4v) is 4.41. The minimum atomic E-state index is 0.0519. The van der Waals surface area contributed by atoms with E-state index in [0.29, 0.717) is 13.0 Å². The van der Waals surface area contributed by atoms with Crippen molar-refractivity contribution >= 4 is 5.91 Å². The van der Waals surface area contributed by atoms with Gasteiger partial charge in [0.25, 0.3) is 0 Å². The molecule has 2 fully saturated rings. The minimum Gasteiger partial charge on any atom is -0.491 e. The summed E-state index contributed by atoms with van der Waals surface area (Å²) in [7, 11) is 0. The van der Waals surface area contributed by atoms with E-state index in [1.807, 2.05) is 18.7 Å². The van der Waals surface area contributed by atoms with E-state index in [0.717, 1.165) is 38.3 Å². The quantitative estimate of drug-likeness (QED) is 0.847. The fraction of sp³-hybridized carbons (Fsp3) is 0.667. The van der Waals surface area contributed by atoms with Gasteiger partial charge < -0.3 is 14.7 Å². The topological polar surface area (TPSA) is 53.0 Å². The second-order valence-corrected chi connectivity index (χ2v) is 8.16. The number of nitrogens with zero attached hydrogens (tertiary/aromatic N) is 2. The van der Waals surface area contributed by atoms with Gasteiger partial charge in [-0.25, -0.2) is 0 Å². The predicted molar refractivity (Wildman–Crippen MR) is 102 cm³/mol. The summed E-state index contributed by atoms with van der Waals surface area (Å²) in [6.07, 6.45) is 4.15. The molecule has 2 heterocycles. The normalized spacial score (nSPS) is 24.5. The van der Waals surface area contributed by atoms with Gasteiger partial charge in [-0.15, -0.1) is 0 Å². The third-order valence-corrected chi connectivity index (χ3v) is 5.56. The third-order valence-electron chi connectivity index (χ3n) is 5.56. The van der Waals surface area contributed by atoms with Gasteiger partial charge in [0.1, 0.15) is 5.75 Å². The molecule has 3 rings (SSSR count). The number of rotatable bonds is 6. The first kappa shape index (κ1) is 19.2. The Kier molecular flexibility index (Phi) is 6.20. The second-order valence-electron chi connectivity index (χ2n) is 8.16. The zero-order valence-electron chi connectivity index (χ0n) is 16.1. The van der Waals surface area contributed by atoms with Crippen molar-refractivity contribution in [3.05, 3.63) is 29.8 Å². The van der Waals surface area contributed by atoms with Crippen molar-refractivity contribution in [2.24, 2.45) is 5.41 Å². The molecule has 0 unspecified atom stereocenters. The molecule has 2 saturated heterocycles. The Balaban J connectivity index is 1.60. The number of β-amino-alcohol motifs (C(OH)–C–C–N with tert-alkyl or cyclic N) is 1. The molecule has 26 heavy (non-hydrogen) atoms. The zero-order chi connectivity index (χ0) is 18.6. The molecule has 0 bridgehead atoms. The smallest absolute Gasteiger partial charge is 0.222 e. The molecule has 0 radical (unpaired) electrons. The monoisotopic (exact) mass is 360 g/mol. The van der Waals surface area contributed by atoms with Crippen LogP contribution in [0.1, 0.15) is 45.1 Å². The Hall–Kier alpha value is -1.59. The number of likely N-dealkylation sites (tertiary alicyclic amines) is 2. The lowest BCUT2D eigenvalue weighted by Crippen LogP contribution is -2.54. The number of amides is 1. The van der Waals surface area contributed by atoms with E-state index in [9.17, 15) is 9.90 Å². The van der Waals surface area contributed by atoms with Crippen molar-refractivity contribution < 1.29 is 14.6 Å². The maximum Gasteiger partial charge on any atom is 0.222 e. The van der Waals surface area contributed by atoms with Crippen molar-refractivity contribution in [2.75, 3.05) is 32.8 Å². The third kappa shape index (κ3) is 4.77. The number of aliphatic hydroxyl groups is 1. The minimum absolute atomic E-state index is 0.0519. The van der Waals surface area contributed by atoms with E-state index in [4.69, 9.17) is 4.74 Å². The lowest BCUT2D eigenvalue weighted by molar-refractivity contribution is -0.140. The van der Waals surface area contributed by atoms with Crippen LogP contribution in [-0.4, -0.2) is 59.7 Å². The summed E-state index contributed by atoms with van der Waals surface area (Å²) in [6.45, 7) is 8.48. The van der Waals surface area contributed by atoms with Gasteiger partial charge in [0.05, 0.1) is 12.7 Å². The molecular weight excluding hydrogens is 328 g/mol. The standard InChI is InChI=1S/C21H32N2O3/c1-17(2)26-19-6-4-18(5-7-19)14-22-11-3-9-21(15-22)10-8-20(25)23(16-21)12-13-24/h4-7,17,24H,3,8-16H2,1-2H3/t21-/m0/s1. The molecule has 1 amide bonds. The molecule has 0 saturated carbocycles. The molecule has 0 aliphatic carbocycles. The molecule has 144 valence electrons. The van der Waals surface area contributed by atoms with Crippen LogP contribution in [0.3, 0.4) is 0 Å². The highest BCUT2D eigenvalue weighted by molar-refractivity contribution is 5.77. The number of hydrogen-bond donors (Lipinski definition) is 1. The van der Waals surface area contributed by atoms with Crippen molar-refractivity contribution in [2.45, 2.75) is 52.2 Å². The summed E-state index contributed by atoms with van der Waals surface area (Å²) in [5.41, 5.74) is 1.50. The number of piperidine rings is 2. The fourth-order valence-electron chi connectivity index (χ4n) is 4.41. The number of ether oxygens (including phenoxy) is 1. The van der Waals surface area contributed by atoms with Crippen LogP contribution in [0.15, 0.2) is 24.3 Å². The van der Waals surface area contributed by atoms with Crippen LogP contribution < -0.4 is 4.74 Å². The van der Waals surface area contributed by atoms with Crippen LogP contribution in [0.25, 0.3) is 0 Å². The van der Waals surface area contributed by atoms with Gasteiger partial charge in [-0.3, -0.25) is 9.69 Å². The van der Waals surface area contributed by atoms with Gasteiger partial charge in [-0.1, -0.05) is 12.1 Å². The summed E-state index contributed by atoms with van der Waals surface area (Å²) in [5.74, 6) is 1.12. The van der Waals surface area contributed by atoms with Crippen LogP contribution in [0.5, 0.6) is 5.75 Å². The van der Waals surface area contributed by atoms with E-state index >= 15 is 0 Å². The number of carbonyl (C=O) groups excluding carboxylic acids is 1. The predicted octanol–water partition coefficient (Wildman–Crippen LogP) is 2.67. The van der Waals surface area contributed by atoms with Crippen molar-refractivity contribution in [3.63, 3.8) is 0 Å². The summed E-state index contributed by atoms with van der Waals surface area (Å²) in [5, 5.41) is 9.23. The molecule has 1 atom stereocenters. The van der Waals surface area contributed by atoms with Gasteiger partial charge in [0.15, 0.2) is 0 Å². The van der Waals surface area contributed by atoms with E-state index in [-0.39, 0.29) is 24.0 Å². The van der Waals surface area contributed by atoms with Gasteiger partial charge in [-0.2, -0.15) is 0 Å². The largest absolute Gasteiger partial charge is 0.491 e. The van der Waals surface area contributed by atoms with E-state index in [2.05, 4.69) is 29.2 Å². The van der Waals surface area contributed by atoms with E-state index < -0.39 is 0 Å². The van der Waals surface area contributed by atoms with Gasteiger partial charge in [0.2, 0.25) is 5.91 Å². The maximum atomic E-state index is 12.1. The Morgan fingerprint density at radius 2 is 1.96 bits per heavy atom. The Morgan fingerprint density at radius 1 is 1.19 bits per heavy atom. The number of hydrogen-bond acceptors (Lipinski definition) is 4. The molecule has 2 aliphatic heterocycles. The summed E-state index contributed by atoms with van der Waals surface area (Å²) in [6, 6.07) is 8.41. The first-order chi connectivity index (χ1) is 12.5. The Labute approximate surface area is 156 Å². The van der Waals surface area contributed by atoms with Crippen LogP contribution >= 0.6 is 0 Å². The Bertz CT molecular complexity index is 602. The lowest BCUT2D eigenvalue weighted by atomic mass is 9.73. The van der Waals surface area contributed by atoms with Crippen molar-refractivity contribution in [1.29, 1.82) is 0 Å². The Morgan fingerprint density at radius 3 is 2.65 bits per heavy atom. The molecule has 1 N–H and O–H groups in total. The summed E-state index contributed by atoms with van der Waals surface area (Å²) in [4.78, 5) is 16.5. The molecule has 5 nitrogen and oxygen atoms in total. The SMILES string of the molecule is CC(C)Oc1ccc(CN2CCC[C@]3(CCC(=O)N(CCO)C3)C2)cc1. The highest BCUT2D eigenvalue weighted by Gasteiger charge is 2.41. The van der Waals surface area contributed by atoms with Crippen LogP contribution in [-0.2, 0) is 11.3 Å². The van der Waals surface area contributed by atoms with Crippen LogP contribution in [0.4, 0.5) is 0 Å². The highest BCUT2D eigenvalue weighted by Crippen LogP contribution is 2.39. The number of aliphatic hydroxyl groups excluding tert-OH is 1. The van der Waals surface area contributed by atoms with Gasteiger partial charge >= 0.3 is 0 Å². The highest BCUT2D eigenvalue weighted by atomic mass is 16.5. The van der Waals surface area contributed by atoms with E-state index in [1.165, 1.54) is 18.4 Å². The molecule has 1 aromatic carbocycles. The zero-order valence-corrected chi connectivity index (χ0v) is 16.1. The summed E-state index contributed by atoms with van der Waals surface area (Å²) >= 11 is 0. The molecule has 1 spiro atoms. The second kappa shape index (κ2) is 8.40. The molecule has 0 aromatic heterocycles. The van der Waals surface area contributed by atoms with E-state index in [1.54, 1.807) is 0 Å². The van der Waals surface area contributed by atoms with Crippen LogP contribution in [0, 0.1) is 5.41 Å². The van der Waals surface area contributed by atoms with Gasteiger partial charge in [0, 0.05) is 38.0 Å². The van der Waals surface area contributed by atoms with Gasteiger partial charge in [-0.05, 0) is 57.4 Å². The maximum absolute atomic E-state index is 12.1. The average molecular weight is 360 g/mol. The molecule has 2 aliphatic rings. The molecular formula is C21H32N2O3.